The van der Waals surface area contributed by atoms with Crippen LogP contribution in [-0.4, -0.2) is 13.5 Å². The summed E-state index contributed by atoms with van der Waals surface area (Å²) in [5.74, 6) is -0.00357. The highest BCUT2D eigenvalue weighted by Crippen LogP contribution is 2.21. The Labute approximate surface area is 125 Å². The first-order chi connectivity index (χ1) is 9.38. The van der Waals surface area contributed by atoms with Gasteiger partial charge in [0.25, 0.3) is 0 Å². The number of benzene rings is 2. The molecule has 20 heavy (non-hydrogen) atoms. The number of nitrogens with two attached hydrogens (primary N) is 1. The van der Waals surface area contributed by atoms with E-state index >= 15 is 0 Å². The molecule has 0 aliphatic rings. The summed E-state index contributed by atoms with van der Waals surface area (Å²) >= 11 is 3.22. The molecule has 7 heteroatoms. The van der Waals surface area contributed by atoms with Gasteiger partial charge >= 0.3 is 0 Å². The van der Waals surface area contributed by atoms with Crippen molar-refractivity contribution in [1.29, 1.82) is 0 Å². The fourth-order valence-corrected chi connectivity index (χ4v) is 3.24. The summed E-state index contributed by atoms with van der Waals surface area (Å²) in [6, 6.07) is 10.9. The summed E-state index contributed by atoms with van der Waals surface area (Å²) in [6.07, 6.45) is 0. The number of aromatic hydroxyl groups is 1. The zero-order valence-corrected chi connectivity index (χ0v) is 12.8. The van der Waals surface area contributed by atoms with E-state index in [9.17, 15) is 13.5 Å². The van der Waals surface area contributed by atoms with Crippen molar-refractivity contribution in [3.05, 3.63) is 52.5 Å². The van der Waals surface area contributed by atoms with Gasteiger partial charge in [0.15, 0.2) is 0 Å². The van der Waals surface area contributed by atoms with Crippen molar-refractivity contribution in [2.75, 3.05) is 5.73 Å². The van der Waals surface area contributed by atoms with E-state index in [4.69, 9.17) is 5.73 Å². The fraction of sp³-hybridized carbons (Fsp3) is 0.0769. The number of anilines is 1. The number of phenolic OH excluding ortho intramolecular Hbond substituents is 1. The lowest BCUT2D eigenvalue weighted by Gasteiger charge is -2.09. The number of halogens is 1. The first-order valence-corrected chi connectivity index (χ1v) is 7.99. The number of nitrogens with one attached hydrogen (secondary N) is 1. The summed E-state index contributed by atoms with van der Waals surface area (Å²) < 4.78 is 27.3. The van der Waals surface area contributed by atoms with Crippen molar-refractivity contribution in [3.8, 4) is 5.75 Å². The third-order valence-corrected chi connectivity index (χ3v) is 4.55. The van der Waals surface area contributed by atoms with Gasteiger partial charge < -0.3 is 10.8 Å². The van der Waals surface area contributed by atoms with Crippen LogP contribution < -0.4 is 10.5 Å². The molecule has 2 aromatic carbocycles. The monoisotopic (exact) mass is 356 g/mol. The largest absolute Gasteiger partial charge is 0.508 e. The van der Waals surface area contributed by atoms with Crippen molar-refractivity contribution >= 4 is 31.6 Å². The molecule has 2 aromatic rings. The lowest BCUT2D eigenvalue weighted by atomic mass is 10.2. The topological polar surface area (TPSA) is 92.4 Å². The van der Waals surface area contributed by atoms with Crippen LogP contribution in [0, 0.1) is 0 Å². The summed E-state index contributed by atoms with van der Waals surface area (Å²) in [4.78, 5) is 0.148. The molecule has 2 rings (SSSR count). The Morgan fingerprint density at radius 2 is 1.95 bits per heavy atom. The minimum atomic E-state index is -3.64. The predicted molar refractivity (Wildman–Crippen MR) is 80.7 cm³/mol. The molecule has 0 aliphatic carbocycles. The molecule has 106 valence electrons. The van der Waals surface area contributed by atoms with Gasteiger partial charge in [-0.2, -0.15) is 0 Å². The first-order valence-electron chi connectivity index (χ1n) is 5.71. The van der Waals surface area contributed by atoms with Crippen molar-refractivity contribution in [2.24, 2.45) is 0 Å². The Morgan fingerprint density at radius 1 is 1.20 bits per heavy atom. The smallest absolute Gasteiger partial charge is 0.240 e. The highest BCUT2D eigenvalue weighted by molar-refractivity contribution is 9.10. The van der Waals surface area contributed by atoms with Crippen LogP contribution >= 0.6 is 15.9 Å². The molecule has 5 nitrogen and oxygen atoms in total. The fourth-order valence-electron chi connectivity index (χ4n) is 1.64. The van der Waals surface area contributed by atoms with Crippen LogP contribution in [0.5, 0.6) is 5.75 Å². The van der Waals surface area contributed by atoms with Crippen LogP contribution in [0.25, 0.3) is 0 Å². The zero-order valence-electron chi connectivity index (χ0n) is 10.4. The van der Waals surface area contributed by atoms with Gasteiger partial charge in [0.2, 0.25) is 10.0 Å². The molecular weight excluding hydrogens is 344 g/mol. The van der Waals surface area contributed by atoms with Gasteiger partial charge in [-0.25, -0.2) is 13.1 Å². The number of rotatable bonds is 4. The lowest BCUT2D eigenvalue weighted by molar-refractivity contribution is 0.467. The lowest BCUT2D eigenvalue weighted by Crippen LogP contribution is -2.23. The molecule has 0 bridgehead atoms. The Balaban J connectivity index is 2.19. The van der Waals surface area contributed by atoms with Gasteiger partial charge in [-0.1, -0.05) is 22.0 Å². The molecule has 0 aromatic heterocycles. The summed E-state index contributed by atoms with van der Waals surface area (Å²) in [5, 5.41) is 9.65. The summed E-state index contributed by atoms with van der Waals surface area (Å²) in [5.41, 5.74) is 6.48. The number of hydrogen-bond donors (Lipinski definition) is 3. The average molecular weight is 357 g/mol. The molecule has 4 N–H and O–H groups in total. The van der Waals surface area contributed by atoms with Gasteiger partial charge in [-0.15, -0.1) is 0 Å². The number of phenols is 1. The summed E-state index contributed by atoms with van der Waals surface area (Å²) in [6.45, 7) is -0.0360. The molecule has 0 amide bonds. The van der Waals surface area contributed by atoms with Gasteiger partial charge in [-0.05, 0) is 36.4 Å². The van der Waals surface area contributed by atoms with Gasteiger partial charge in [0.05, 0.1) is 4.90 Å². The van der Waals surface area contributed by atoms with Crippen molar-refractivity contribution < 1.29 is 13.5 Å². The molecular formula is C13H13BrN2O3S. The van der Waals surface area contributed by atoms with Gasteiger partial charge in [0, 0.05) is 22.3 Å². The SMILES string of the molecule is Nc1ccc(O)c(CNS(=O)(=O)c2cccc(Br)c2)c1. The second kappa shape index (κ2) is 5.82. The number of hydrogen-bond acceptors (Lipinski definition) is 4. The van der Waals surface area contributed by atoms with Crippen LogP contribution in [-0.2, 0) is 16.6 Å². The molecule has 0 heterocycles. The maximum absolute atomic E-state index is 12.1. The Kier molecular flexibility index (Phi) is 4.32. The highest BCUT2D eigenvalue weighted by Gasteiger charge is 2.14. The molecule has 0 radical (unpaired) electrons. The molecule has 0 atom stereocenters. The Bertz CT molecular complexity index is 732. The van der Waals surface area contributed by atoms with Crippen LogP contribution in [0.4, 0.5) is 5.69 Å². The number of nitrogen functional groups attached to an aromatic ring is 1. The standard InChI is InChI=1S/C13H13BrN2O3S/c14-10-2-1-3-12(7-10)20(18,19)16-8-9-6-11(15)4-5-13(9)17/h1-7,16-17H,8,15H2. The molecule has 0 fully saturated rings. The Hall–Kier alpha value is -1.57. The number of sulfonamides is 1. The summed E-state index contributed by atoms with van der Waals surface area (Å²) in [7, 11) is -3.64. The van der Waals surface area contributed by atoms with E-state index in [1.165, 1.54) is 24.3 Å². The van der Waals surface area contributed by atoms with E-state index < -0.39 is 10.0 Å². The van der Waals surface area contributed by atoms with E-state index in [0.717, 1.165) is 0 Å². The van der Waals surface area contributed by atoms with Crippen molar-refractivity contribution in [1.82, 2.24) is 4.72 Å². The maximum atomic E-state index is 12.1. The minimum absolute atomic E-state index is 0.00357. The molecule has 0 spiro atoms. The van der Waals surface area contributed by atoms with Crippen LogP contribution in [0.15, 0.2) is 51.8 Å². The van der Waals surface area contributed by atoms with E-state index in [-0.39, 0.29) is 17.2 Å². The van der Waals surface area contributed by atoms with Crippen molar-refractivity contribution in [3.63, 3.8) is 0 Å². The van der Waals surface area contributed by atoms with Crippen LogP contribution in [0.2, 0.25) is 0 Å². The predicted octanol–water partition coefficient (Wildman–Crippen LogP) is 2.22. The Morgan fingerprint density at radius 3 is 2.65 bits per heavy atom. The molecule has 0 unspecified atom stereocenters. The van der Waals surface area contributed by atoms with E-state index in [0.29, 0.717) is 15.7 Å². The van der Waals surface area contributed by atoms with Crippen molar-refractivity contribution in [2.45, 2.75) is 11.4 Å². The van der Waals surface area contributed by atoms with E-state index in [2.05, 4.69) is 20.7 Å². The minimum Gasteiger partial charge on any atom is -0.508 e. The van der Waals surface area contributed by atoms with Gasteiger partial charge in [0.1, 0.15) is 5.75 Å². The first kappa shape index (κ1) is 14.8. The maximum Gasteiger partial charge on any atom is 0.240 e. The average Bonchev–Trinajstić information content (AvgIpc) is 2.40. The third-order valence-electron chi connectivity index (χ3n) is 2.66. The second-order valence-electron chi connectivity index (χ2n) is 4.17. The normalized spacial score (nSPS) is 11.4. The molecule has 0 saturated carbocycles. The second-order valence-corrected chi connectivity index (χ2v) is 6.85. The molecule has 0 aliphatic heterocycles. The zero-order chi connectivity index (χ0) is 14.8. The van der Waals surface area contributed by atoms with Crippen LogP contribution in [0.1, 0.15) is 5.56 Å². The highest BCUT2D eigenvalue weighted by atomic mass is 79.9. The third kappa shape index (κ3) is 3.50. The quantitative estimate of drug-likeness (QED) is 0.578. The molecule has 0 saturated heterocycles. The van der Waals surface area contributed by atoms with Gasteiger partial charge in [-0.3, -0.25) is 0 Å². The van der Waals surface area contributed by atoms with Crippen LogP contribution in [0.3, 0.4) is 0 Å². The van der Waals surface area contributed by atoms with E-state index in [1.54, 1.807) is 18.2 Å². The van der Waals surface area contributed by atoms with E-state index in [1.807, 2.05) is 0 Å².